The second-order valence-electron chi connectivity index (χ2n) is 3.05. The lowest BCUT2D eigenvalue weighted by Gasteiger charge is -2.20. The minimum Gasteiger partial charge on any atom is -0.382 e. The van der Waals surface area contributed by atoms with E-state index in [0.717, 1.165) is 12.8 Å². The first-order valence-corrected chi connectivity index (χ1v) is 4.59. The van der Waals surface area contributed by atoms with Crippen LogP contribution in [0.2, 0.25) is 0 Å². The molecule has 0 rings (SSSR count). The normalized spacial score (nSPS) is 16.0. The van der Waals surface area contributed by atoms with Gasteiger partial charge in [-0.2, -0.15) is 0 Å². The van der Waals surface area contributed by atoms with Crippen molar-refractivity contribution in [1.29, 1.82) is 0 Å². The fourth-order valence-electron chi connectivity index (χ4n) is 1.17. The molecule has 0 amide bonds. The highest BCUT2D eigenvalue weighted by Gasteiger charge is 2.10. The zero-order chi connectivity index (χ0) is 9.40. The van der Waals surface area contributed by atoms with Crippen LogP contribution in [0.3, 0.4) is 0 Å². The molecular weight excluding hydrogens is 154 g/mol. The first-order chi connectivity index (χ1) is 5.74. The van der Waals surface area contributed by atoms with Crippen LogP contribution in [-0.4, -0.2) is 32.5 Å². The zero-order valence-electron chi connectivity index (χ0n) is 8.38. The van der Waals surface area contributed by atoms with Gasteiger partial charge in [0, 0.05) is 13.7 Å². The molecule has 0 heterocycles. The molecule has 0 saturated carbocycles. The number of nitrogens with two attached hydrogens (primary N) is 1. The summed E-state index contributed by atoms with van der Waals surface area (Å²) in [4.78, 5) is 0. The first kappa shape index (κ1) is 11.9. The van der Waals surface area contributed by atoms with Gasteiger partial charge in [-0.15, -0.1) is 0 Å². The summed E-state index contributed by atoms with van der Waals surface area (Å²) >= 11 is 0. The molecule has 2 N–H and O–H groups in total. The minimum absolute atomic E-state index is 0.148. The second-order valence-corrected chi connectivity index (χ2v) is 3.05. The summed E-state index contributed by atoms with van der Waals surface area (Å²) in [6, 6.07) is 0. The molecule has 0 saturated heterocycles. The van der Waals surface area contributed by atoms with Crippen molar-refractivity contribution in [2.24, 2.45) is 5.73 Å². The molecule has 0 aliphatic carbocycles. The largest absolute Gasteiger partial charge is 0.382 e. The summed E-state index contributed by atoms with van der Waals surface area (Å²) in [6.07, 6.45) is 2.49. The van der Waals surface area contributed by atoms with Crippen molar-refractivity contribution < 1.29 is 9.47 Å². The van der Waals surface area contributed by atoms with E-state index in [0.29, 0.717) is 13.2 Å². The van der Waals surface area contributed by atoms with E-state index in [2.05, 4.69) is 6.92 Å². The third kappa shape index (κ3) is 5.52. The molecule has 0 bridgehead atoms. The van der Waals surface area contributed by atoms with E-state index in [-0.39, 0.29) is 12.2 Å². The third-order valence-electron chi connectivity index (χ3n) is 1.70. The second kappa shape index (κ2) is 7.53. The number of rotatable bonds is 7. The first-order valence-electron chi connectivity index (χ1n) is 4.59. The van der Waals surface area contributed by atoms with Crippen LogP contribution < -0.4 is 5.73 Å². The van der Waals surface area contributed by atoms with Crippen molar-refractivity contribution in [3.63, 3.8) is 0 Å². The van der Waals surface area contributed by atoms with Gasteiger partial charge in [-0.3, -0.25) is 0 Å². The lowest BCUT2D eigenvalue weighted by Crippen LogP contribution is -2.29. The highest BCUT2D eigenvalue weighted by atomic mass is 16.5. The molecule has 0 aromatic carbocycles. The fraction of sp³-hybridized carbons (Fsp3) is 1.00. The lowest BCUT2D eigenvalue weighted by atomic mass is 10.2. The Balaban J connectivity index is 3.53. The molecule has 0 aromatic heterocycles. The highest BCUT2D eigenvalue weighted by molar-refractivity contribution is 4.60. The van der Waals surface area contributed by atoms with E-state index < -0.39 is 0 Å². The molecule has 0 radical (unpaired) electrons. The average Bonchev–Trinajstić information content (AvgIpc) is 2.04. The molecule has 0 aliphatic heterocycles. The van der Waals surface area contributed by atoms with Crippen LogP contribution in [0.5, 0.6) is 0 Å². The molecule has 12 heavy (non-hydrogen) atoms. The number of hydrogen-bond donors (Lipinski definition) is 1. The van der Waals surface area contributed by atoms with E-state index in [1.807, 2.05) is 6.92 Å². The van der Waals surface area contributed by atoms with Crippen molar-refractivity contribution in [2.75, 3.05) is 20.3 Å². The summed E-state index contributed by atoms with van der Waals surface area (Å²) in [5.41, 5.74) is 5.54. The Morgan fingerprint density at radius 3 is 2.50 bits per heavy atom. The van der Waals surface area contributed by atoms with E-state index in [1.54, 1.807) is 7.11 Å². The van der Waals surface area contributed by atoms with Crippen LogP contribution in [-0.2, 0) is 9.47 Å². The van der Waals surface area contributed by atoms with Gasteiger partial charge in [0.05, 0.1) is 18.8 Å². The maximum absolute atomic E-state index is 5.63. The molecule has 0 aromatic rings. The maximum Gasteiger partial charge on any atom is 0.0784 e. The summed E-state index contributed by atoms with van der Waals surface area (Å²) in [5, 5.41) is 0. The molecule has 3 nitrogen and oxygen atoms in total. The third-order valence-corrected chi connectivity index (χ3v) is 1.70. The minimum atomic E-state index is 0.148. The van der Waals surface area contributed by atoms with Gasteiger partial charge in [-0.1, -0.05) is 13.3 Å². The van der Waals surface area contributed by atoms with Crippen molar-refractivity contribution in [2.45, 2.75) is 38.9 Å². The average molecular weight is 175 g/mol. The van der Waals surface area contributed by atoms with Crippen molar-refractivity contribution >= 4 is 0 Å². The van der Waals surface area contributed by atoms with Crippen LogP contribution in [0.25, 0.3) is 0 Å². The van der Waals surface area contributed by atoms with Gasteiger partial charge in [0.15, 0.2) is 0 Å². The SMILES string of the molecule is CCCC(CN)OC(C)COC. The molecule has 74 valence electrons. The molecule has 3 heteroatoms. The molecule has 0 aliphatic rings. The topological polar surface area (TPSA) is 44.5 Å². The zero-order valence-corrected chi connectivity index (χ0v) is 8.38. The van der Waals surface area contributed by atoms with Gasteiger partial charge in [0.25, 0.3) is 0 Å². The molecule has 2 unspecified atom stereocenters. The molecule has 0 spiro atoms. The number of hydrogen-bond acceptors (Lipinski definition) is 3. The Morgan fingerprint density at radius 1 is 1.42 bits per heavy atom. The molecule has 0 fully saturated rings. The highest BCUT2D eigenvalue weighted by Crippen LogP contribution is 2.04. The van der Waals surface area contributed by atoms with Gasteiger partial charge in [0.2, 0.25) is 0 Å². The monoisotopic (exact) mass is 175 g/mol. The van der Waals surface area contributed by atoms with E-state index >= 15 is 0 Å². The van der Waals surface area contributed by atoms with Gasteiger partial charge in [-0.05, 0) is 13.3 Å². The predicted molar refractivity (Wildman–Crippen MR) is 50.2 cm³/mol. The Hall–Kier alpha value is -0.120. The van der Waals surface area contributed by atoms with Crippen molar-refractivity contribution in [1.82, 2.24) is 0 Å². The van der Waals surface area contributed by atoms with Crippen LogP contribution in [0.1, 0.15) is 26.7 Å². The Labute approximate surface area is 75.2 Å². The smallest absolute Gasteiger partial charge is 0.0784 e. The van der Waals surface area contributed by atoms with Gasteiger partial charge < -0.3 is 15.2 Å². The predicted octanol–water partition coefficient (Wildman–Crippen LogP) is 1.17. The standard InChI is InChI=1S/C9H21NO2/c1-4-5-9(6-10)12-8(2)7-11-3/h8-9H,4-7,10H2,1-3H3. The van der Waals surface area contributed by atoms with Gasteiger partial charge in [-0.25, -0.2) is 0 Å². The fourth-order valence-corrected chi connectivity index (χ4v) is 1.17. The quantitative estimate of drug-likeness (QED) is 0.631. The Kier molecular flexibility index (Phi) is 7.45. The Morgan fingerprint density at radius 2 is 2.08 bits per heavy atom. The summed E-state index contributed by atoms with van der Waals surface area (Å²) < 4.78 is 10.6. The van der Waals surface area contributed by atoms with E-state index in [4.69, 9.17) is 15.2 Å². The van der Waals surface area contributed by atoms with Crippen molar-refractivity contribution in [3.8, 4) is 0 Å². The van der Waals surface area contributed by atoms with Gasteiger partial charge in [0.1, 0.15) is 0 Å². The summed E-state index contributed by atoms with van der Waals surface area (Å²) in [6.45, 7) is 5.37. The van der Waals surface area contributed by atoms with Crippen LogP contribution in [0, 0.1) is 0 Å². The maximum atomic E-state index is 5.63. The van der Waals surface area contributed by atoms with Crippen LogP contribution >= 0.6 is 0 Å². The van der Waals surface area contributed by atoms with Crippen LogP contribution in [0.15, 0.2) is 0 Å². The molecular formula is C9H21NO2. The number of ether oxygens (including phenoxy) is 2. The summed E-state index contributed by atoms with van der Waals surface area (Å²) in [7, 11) is 1.68. The van der Waals surface area contributed by atoms with Crippen LogP contribution in [0.4, 0.5) is 0 Å². The van der Waals surface area contributed by atoms with Gasteiger partial charge >= 0.3 is 0 Å². The number of methoxy groups -OCH3 is 1. The summed E-state index contributed by atoms with van der Waals surface area (Å²) in [5.74, 6) is 0. The van der Waals surface area contributed by atoms with E-state index in [1.165, 1.54) is 0 Å². The Bertz CT molecular complexity index is 98.5. The lowest BCUT2D eigenvalue weighted by molar-refractivity contribution is -0.0378. The molecule has 2 atom stereocenters. The van der Waals surface area contributed by atoms with Crippen molar-refractivity contribution in [3.05, 3.63) is 0 Å². The van der Waals surface area contributed by atoms with E-state index in [9.17, 15) is 0 Å².